The lowest BCUT2D eigenvalue weighted by molar-refractivity contribution is -0.123. The van der Waals surface area contributed by atoms with Crippen LogP contribution in [0.25, 0.3) is 22.3 Å². The maximum Gasteiger partial charge on any atom is 0.227 e. The Morgan fingerprint density at radius 2 is 1.77 bits per heavy atom. The number of morpholine rings is 1. The van der Waals surface area contributed by atoms with E-state index in [2.05, 4.69) is 83.6 Å². The molecule has 2 N–H and O–H groups in total. The number of fused-ring (bicyclic) bond motifs is 1. The number of piperidine rings is 2. The first kappa shape index (κ1) is 35.0. The number of nitrogens with zero attached hydrogens (tertiary/aromatic N) is 5. The molecule has 5 heterocycles. The second-order valence-corrected chi connectivity index (χ2v) is 21.8. The van der Waals surface area contributed by atoms with Crippen LogP contribution in [0.4, 0.5) is 11.5 Å². The smallest absolute Gasteiger partial charge is 0.227 e. The zero-order valence-corrected chi connectivity index (χ0v) is 31.1. The van der Waals surface area contributed by atoms with E-state index in [1.54, 1.807) is 6.33 Å². The Hall–Kier alpha value is -2.83. The molecule has 2 unspecified atom stereocenters. The Morgan fingerprint density at radius 1 is 1.04 bits per heavy atom. The highest BCUT2D eigenvalue weighted by Gasteiger charge is 2.41. The summed E-state index contributed by atoms with van der Waals surface area (Å²) in [6, 6.07) is 12.6. The summed E-state index contributed by atoms with van der Waals surface area (Å²) in [7, 11) is -1.22. The van der Waals surface area contributed by atoms with Crippen LogP contribution in [-0.4, -0.2) is 98.0 Å². The van der Waals surface area contributed by atoms with Crippen molar-refractivity contribution >= 4 is 36.5 Å². The van der Waals surface area contributed by atoms with Crippen molar-refractivity contribution in [3.05, 3.63) is 36.7 Å². The summed E-state index contributed by atoms with van der Waals surface area (Å²) in [5.41, 5.74) is 3.91. The van der Waals surface area contributed by atoms with E-state index in [0.29, 0.717) is 32.0 Å². The molecule has 48 heavy (non-hydrogen) atoms. The molecule has 0 aliphatic carbocycles. The Bertz CT molecular complexity index is 1520. The summed E-state index contributed by atoms with van der Waals surface area (Å²) in [5, 5.41) is 7.80. The van der Waals surface area contributed by atoms with Gasteiger partial charge in [0.15, 0.2) is 0 Å². The number of anilines is 2. The highest BCUT2D eigenvalue weighted by atomic mass is 28.3. The fourth-order valence-electron chi connectivity index (χ4n) is 7.60. The van der Waals surface area contributed by atoms with Gasteiger partial charge in [0.05, 0.1) is 24.3 Å². The molecule has 3 saturated heterocycles. The average Bonchev–Trinajstić information content (AvgIpc) is 3.45. The number of likely N-dealkylation sites (tertiary alicyclic amines) is 1. The molecule has 0 bridgehead atoms. The molecular weight excluding hydrogens is 619 g/mol. The normalized spacial score (nSPS) is 21.9. The third-order valence-electron chi connectivity index (χ3n) is 10.4. The predicted octanol–water partition coefficient (Wildman–Crippen LogP) is 6.06. The fourth-order valence-corrected chi connectivity index (χ4v) is 8.35. The molecule has 10 nitrogen and oxygen atoms in total. The quantitative estimate of drug-likeness (QED) is 0.198. The molecule has 3 aromatic rings. The first-order chi connectivity index (χ1) is 23.0. The highest BCUT2D eigenvalue weighted by molar-refractivity contribution is 6.76. The lowest BCUT2D eigenvalue weighted by atomic mass is 9.75. The van der Waals surface area contributed by atoms with Crippen molar-refractivity contribution in [1.29, 1.82) is 0 Å². The Kier molecular flexibility index (Phi) is 10.9. The number of ether oxygens (including phenoxy) is 2. The van der Waals surface area contributed by atoms with Crippen molar-refractivity contribution < 1.29 is 14.3 Å². The van der Waals surface area contributed by atoms with Crippen LogP contribution in [0.5, 0.6) is 0 Å². The molecule has 0 radical (unpaired) electrons. The van der Waals surface area contributed by atoms with Crippen LogP contribution in [0.15, 0.2) is 36.7 Å². The number of amides is 1. The number of carbonyl (C=O) groups excluding carboxylic acids is 1. The van der Waals surface area contributed by atoms with Gasteiger partial charge in [-0.25, -0.2) is 9.97 Å². The fraction of sp³-hybridized carbons (Fsp3) is 0.649. The van der Waals surface area contributed by atoms with Gasteiger partial charge in [-0.1, -0.05) is 52.5 Å². The van der Waals surface area contributed by atoms with Gasteiger partial charge in [-0.2, -0.15) is 0 Å². The summed E-state index contributed by atoms with van der Waals surface area (Å²) in [4.78, 5) is 28.1. The van der Waals surface area contributed by atoms with Crippen molar-refractivity contribution in [2.24, 2.45) is 11.3 Å². The average molecular weight is 676 g/mol. The molecule has 1 amide bonds. The third kappa shape index (κ3) is 8.30. The van der Waals surface area contributed by atoms with E-state index in [1.165, 1.54) is 12.8 Å². The van der Waals surface area contributed by atoms with Crippen molar-refractivity contribution in [3.63, 3.8) is 0 Å². The summed E-state index contributed by atoms with van der Waals surface area (Å²) < 4.78 is 14.1. The van der Waals surface area contributed by atoms with E-state index in [-0.39, 0.29) is 17.2 Å². The standard InChI is InChI=1S/C37H57N7O3Si/c1-37(2,3)33-23-28(13-16-43(33)30-11-14-38-15-12-30)36(45)41-29-9-7-27(8-10-29)32-24-31-34(42-17-19-46-20-18-42)39-25-40-35(31)44(32)26-47-21-22-48(4,5)6/h7-10,24-25,28,30,33,38H,11-23,26H2,1-6H3,(H,41,45). The lowest BCUT2D eigenvalue weighted by Crippen LogP contribution is -2.56. The van der Waals surface area contributed by atoms with E-state index in [1.807, 2.05) is 12.1 Å². The van der Waals surface area contributed by atoms with Crippen LogP contribution in [-0.2, 0) is 21.0 Å². The zero-order valence-electron chi connectivity index (χ0n) is 30.1. The molecule has 11 heteroatoms. The number of hydrogen-bond donors (Lipinski definition) is 2. The van der Waals surface area contributed by atoms with Gasteiger partial charge >= 0.3 is 0 Å². The Balaban J connectivity index is 1.19. The van der Waals surface area contributed by atoms with Crippen LogP contribution >= 0.6 is 0 Å². The summed E-state index contributed by atoms with van der Waals surface area (Å²) in [5.74, 6) is 1.09. The van der Waals surface area contributed by atoms with Gasteiger partial charge in [-0.3, -0.25) is 9.69 Å². The third-order valence-corrected chi connectivity index (χ3v) is 12.1. The molecule has 262 valence electrons. The minimum atomic E-state index is -1.22. The van der Waals surface area contributed by atoms with Crippen LogP contribution in [0.3, 0.4) is 0 Å². The van der Waals surface area contributed by atoms with Crippen molar-refractivity contribution in [2.75, 3.05) is 62.8 Å². The first-order valence-corrected chi connectivity index (χ1v) is 21.8. The summed E-state index contributed by atoms with van der Waals surface area (Å²) >= 11 is 0. The minimum absolute atomic E-state index is 0.0138. The van der Waals surface area contributed by atoms with Crippen LogP contribution in [0.1, 0.15) is 46.5 Å². The molecule has 2 atom stereocenters. The zero-order chi connectivity index (χ0) is 33.9. The Morgan fingerprint density at radius 3 is 2.46 bits per heavy atom. The predicted molar refractivity (Wildman–Crippen MR) is 197 cm³/mol. The second-order valence-electron chi connectivity index (χ2n) is 16.2. The number of nitrogens with one attached hydrogen (secondary N) is 2. The molecule has 0 saturated carbocycles. The maximum atomic E-state index is 13.7. The molecule has 6 rings (SSSR count). The van der Waals surface area contributed by atoms with Gasteiger partial charge < -0.3 is 29.6 Å². The van der Waals surface area contributed by atoms with E-state index < -0.39 is 8.07 Å². The van der Waals surface area contributed by atoms with Crippen molar-refractivity contribution in [1.82, 2.24) is 24.8 Å². The van der Waals surface area contributed by atoms with E-state index >= 15 is 0 Å². The van der Waals surface area contributed by atoms with Crippen LogP contribution in [0.2, 0.25) is 25.7 Å². The van der Waals surface area contributed by atoms with E-state index in [9.17, 15) is 4.79 Å². The SMILES string of the molecule is CC(C)(C)C1CC(C(=O)Nc2ccc(-c3cc4c(N5CCOCC5)ncnc4n3COCC[Si](C)(C)C)cc2)CCN1C1CCNCC1. The van der Waals surface area contributed by atoms with E-state index in [0.717, 1.165) is 92.0 Å². The molecule has 1 aromatic carbocycles. The number of carbonyl (C=O) groups is 1. The number of aromatic nitrogens is 3. The molecule has 3 fully saturated rings. The van der Waals surface area contributed by atoms with E-state index in [4.69, 9.17) is 19.4 Å². The molecule has 2 aromatic heterocycles. The maximum absolute atomic E-state index is 13.7. The lowest BCUT2D eigenvalue weighted by Gasteiger charge is -2.50. The topological polar surface area (TPSA) is 96.8 Å². The van der Waals surface area contributed by atoms with Gasteiger partial charge in [-0.15, -0.1) is 0 Å². The van der Waals surface area contributed by atoms with Crippen LogP contribution in [0, 0.1) is 11.3 Å². The molecule has 3 aliphatic rings. The van der Waals surface area contributed by atoms with Gasteiger partial charge in [0.2, 0.25) is 5.91 Å². The molecular formula is C37H57N7O3Si. The number of rotatable bonds is 10. The molecule has 0 spiro atoms. The second kappa shape index (κ2) is 15.0. The van der Waals surface area contributed by atoms with Gasteiger partial charge in [0, 0.05) is 51.5 Å². The summed E-state index contributed by atoms with van der Waals surface area (Å²) in [6.07, 6.45) is 5.86. The Labute approximate surface area is 288 Å². The first-order valence-electron chi connectivity index (χ1n) is 18.1. The minimum Gasteiger partial charge on any atom is -0.378 e. The van der Waals surface area contributed by atoms with Crippen molar-refractivity contribution in [2.45, 2.75) is 91.0 Å². The number of benzene rings is 1. The monoisotopic (exact) mass is 675 g/mol. The van der Waals surface area contributed by atoms with Gasteiger partial charge in [0.25, 0.3) is 0 Å². The van der Waals surface area contributed by atoms with Gasteiger partial charge in [0.1, 0.15) is 24.5 Å². The summed E-state index contributed by atoms with van der Waals surface area (Å²) in [6.45, 7) is 21.4. The van der Waals surface area contributed by atoms with Crippen molar-refractivity contribution in [3.8, 4) is 11.3 Å². The van der Waals surface area contributed by atoms with Crippen LogP contribution < -0.4 is 15.5 Å². The molecule has 3 aliphatic heterocycles. The number of hydrogen-bond acceptors (Lipinski definition) is 8. The highest BCUT2D eigenvalue weighted by Crippen LogP contribution is 2.38. The largest absolute Gasteiger partial charge is 0.378 e. The van der Waals surface area contributed by atoms with Gasteiger partial charge in [-0.05, 0) is 80.5 Å².